The molecule has 0 saturated heterocycles. The van der Waals surface area contributed by atoms with Crippen LogP contribution in [0.1, 0.15) is 38.2 Å². The van der Waals surface area contributed by atoms with Crippen LogP contribution in [0.15, 0.2) is 46.9 Å². The monoisotopic (exact) mass is 510 g/mol. The number of hydrogen-bond acceptors (Lipinski definition) is 3. The van der Waals surface area contributed by atoms with Crippen LogP contribution in [0, 0.1) is 5.82 Å². The van der Waals surface area contributed by atoms with Crippen molar-refractivity contribution in [2.45, 2.75) is 51.2 Å². The fourth-order valence-electron chi connectivity index (χ4n) is 3.60. The van der Waals surface area contributed by atoms with Crippen molar-refractivity contribution in [3.8, 4) is 5.75 Å². The van der Waals surface area contributed by atoms with E-state index in [4.69, 9.17) is 16.3 Å². The van der Waals surface area contributed by atoms with E-state index in [9.17, 15) is 14.0 Å². The Bertz CT molecular complexity index is 937. The van der Waals surface area contributed by atoms with E-state index >= 15 is 0 Å². The quantitative estimate of drug-likeness (QED) is 0.537. The number of benzene rings is 2. The second-order valence-electron chi connectivity index (χ2n) is 7.64. The fraction of sp³-hybridized carbons (Fsp3) is 0.391. The summed E-state index contributed by atoms with van der Waals surface area (Å²) in [6, 6.07) is 10.6. The highest BCUT2D eigenvalue weighted by Gasteiger charge is 2.29. The van der Waals surface area contributed by atoms with E-state index in [1.165, 1.54) is 11.0 Å². The van der Waals surface area contributed by atoms with Gasteiger partial charge in [-0.1, -0.05) is 58.6 Å². The van der Waals surface area contributed by atoms with Gasteiger partial charge in [0.15, 0.2) is 6.61 Å². The number of ether oxygens (including phenoxy) is 1. The minimum atomic E-state index is -0.781. The molecule has 166 valence electrons. The van der Waals surface area contributed by atoms with Gasteiger partial charge in [0.05, 0.1) is 5.02 Å². The summed E-state index contributed by atoms with van der Waals surface area (Å²) in [6.45, 7) is 1.29. The maximum absolute atomic E-state index is 14.3. The van der Waals surface area contributed by atoms with Gasteiger partial charge in [-0.25, -0.2) is 4.39 Å². The second kappa shape index (κ2) is 11.0. The van der Waals surface area contributed by atoms with Crippen LogP contribution in [-0.4, -0.2) is 35.4 Å². The molecule has 1 aliphatic carbocycles. The summed E-state index contributed by atoms with van der Waals surface area (Å²) in [5.41, 5.74) is 0.332. The van der Waals surface area contributed by atoms with E-state index in [-0.39, 0.29) is 25.1 Å². The standard InChI is InChI=1S/C23H25BrClFN2O3/c1-15(23(30)27-18-7-3-4-8-18)28(13-16-6-2-5-9-20(16)26)22(29)14-31-21-11-10-17(24)12-19(21)25/h2,5-6,9-12,15,18H,3-4,7-8,13-14H2,1H3,(H,27,30)/t15-/m0/s1. The lowest BCUT2D eigenvalue weighted by atomic mass is 10.1. The van der Waals surface area contributed by atoms with Crippen LogP contribution in [0.5, 0.6) is 5.75 Å². The zero-order chi connectivity index (χ0) is 22.4. The lowest BCUT2D eigenvalue weighted by Gasteiger charge is -2.29. The smallest absolute Gasteiger partial charge is 0.261 e. The predicted octanol–water partition coefficient (Wildman–Crippen LogP) is 5.10. The largest absolute Gasteiger partial charge is 0.482 e. The van der Waals surface area contributed by atoms with Crippen molar-refractivity contribution in [1.29, 1.82) is 0 Å². The third-order valence-electron chi connectivity index (χ3n) is 5.41. The summed E-state index contributed by atoms with van der Waals surface area (Å²) < 4.78 is 20.6. The second-order valence-corrected chi connectivity index (χ2v) is 8.97. The highest BCUT2D eigenvalue weighted by Crippen LogP contribution is 2.28. The Morgan fingerprint density at radius 1 is 1.26 bits per heavy atom. The molecule has 2 amide bonds. The maximum Gasteiger partial charge on any atom is 0.261 e. The lowest BCUT2D eigenvalue weighted by Crippen LogP contribution is -2.50. The van der Waals surface area contributed by atoms with E-state index < -0.39 is 17.8 Å². The molecule has 0 aliphatic heterocycles. The maximum atomic E-state index is 14.3. The minimum absolute atomic E-state index is 0.0395. The molecule has 2 aromatic rings. The molecule has 0 unspecified atom stereocenters. The molecule has 3 rings (SSSR count). The van der Waals surface area contributed by atoms with Crippen molar-refractivity contribution >= 4 is 39.3 Å². The normalized spacial score (nSPS) is 14.8. The van der Waals surface area contributed by atoms with Crippen molar-refractivity contribution in [1.82, 2.24) is 10.2 Å². The van der Waals surface area contributed by atoms with Crippen LogP contribution in [0.25, 0.3) is 0 Å². The number of nitrogens with one attached hydrogen (secondary N) is 1. The van der Waals surface area contributed by atoms with Gasteiger partial charge in [0.25, 0.3) is 5.91 Å². The summed E-state index contributed by atoms with van der Waals surface area (Å²) in [5.74, 6) is -0.762. The first-order valence-corrected chi connectivity index (χ1v) is 11.4. The van der Waals surface area contributed by atoms with Crippen LogP contribution >= 0.6 is 27.5 Å². The molecule has 1 atom stereocenters. The zero-order valence-electron chi connectivity index (χ0n) is 17.2. The molecule has 0 radical (unpaired) electrons. The Kier molecular flexibility index (Phi) is 8.32. The minimum Gasteiger partial charge on any atom is -0.482 e. The van der Waals surface area contributed by atoms with Crippen LogP contribution in [-0.2, 0) is 16.1 Å². The molecule has 0 bridgehead atoms. The zero-order valence-corrected chi connectivity index (χ0v) is 19.6. The van der Waals surface area contributed by atoms with Crippen LogP contribution < -0.4 is 10.1 Å². The highest BCUT2D eigenvalue weighted by atomic mass is 79.9. The van der Waals surface area contributed by atoms with E-state index in [1.54, 1.807) is 43.3 Å². The summed E-state index contributed by atoms with van der Waals surface area (Å²) in [5, 5.41) is 3.37. The number of hydrogen-bond donors (Lipinski definition) is 1. The van der Waals surface area contributed by atoms with Gasteiger partial charge < -0.3 is 15.0 Å². The third-order valence-corrected chi connectivity index (χ3v) is 6.20. The Balaban J connectivity index is 1.74. The fourth-order valence-corrected chi connectivity index (χ4v) is 4.33. The average molecular weight is 512 g/mol. The molecule has 1 fully saturated rings. The number of halogens is 3. The number of nitrogens with zero attached hydrogens (tertiary/aromatic N) is 1. The van der Waals surface area contributed by atoms with E-state index in [0.717, 1.165) is 30.2 Å². The molecule has 31 heavy (non-hydrogen) atoms. The van der Waals surface area contributed by atoms with Gasteiger partial charge in [0, 0.05) is 22.6 Å². The predicted molar refractivity (Wildman–Crippen MR) is 121 cm³/mol. The Morgan fingerprint density at radius 3 is 2.65 bits per heavy atom. The molecule has 1 N–H and O–H groups in total. The van der Waals surface area contributed by atoms with E-state index in [2.05, 4.69) is 21.2 Å². The van der Waals surface area contributed by atoms with Gasteiger partial charge in [-0.2, -0.15) is 0 Å². The van der Waals surface area contributed by atoms with E-state index in [1.807, 2.05) is 0 Å². The molecule has 5 nitrogen and oxygen atoms in total. The number of carbonyl (C=O) groups is 2. The topological polar surface area (TPSA) is 58.6 Å². The SMILES string of the molecule is C[C@@H](C(=O)NC1CCCC1)N(Cc1ccccc1F)C(=O)COc1ccc(Br)cc1Cl. The van der Waals surface area contributed by atoms with Crippen molar-refractivity contribution in [2.75, 3.05) is 6.61 Å². The van der Waals surface area contributed by atoms with Crippen LogP contribution in [0.3, 0.4) is 0 Å². The van der Waals surface area contributed by atoms with Gasteiger partial charge in [-0.3, -0.25) is 9.59 Å². The van der Waals surface area contributed by atoms with Gasteiger partial charge in [0.1, 0.15) is 17.6 Å². The van der Waals surface area contributed by atoms with Crippen LogP contribution in [0.4, 0.5) is 4.39 Å². The highest BCUT2D eigenvalue weighted by molar-refractivity contribution is 9.10. The summed E-state index contributed by atoms with van der Waals surface area (Å²) in [6.07, 6.45) is 4.04. The molecule has 0 heterocycles. The molecule has 2 aromatic carbocycles. The molecule has 1 aliphatic rings. The molecular formula is C23H25BrClFN2O3. The molecule has 8 heteroatoms. The van der Waals surface area contributed by atoms with Gasteiger partial charge in [0.2, 0.25) is 5.91 Å². The first-order chi connectivity index (χ1) is 14.8. The van der Waals surface area contributed by atoms with Crippen LogP contribution in [0.2, 0.25) is 5.02 Å². The summed E-state index contributed by atoms with van der Waals surface area (Å²) >= 11 is 9.48. The van der Waals surface area contributed by atoms with Gasteiger partial charge in [-0.15, -0.1) is 0 Å². The van der Waals surface area contributed by atoms with Gasteiger partial charge in [-0.05, 0) is 44.0 Å². The van der Waals surface area contributed by atoms with Crippen molar-refractivity contribution in [3.63, 3.8) is 0 Å². The summed E-state index contributed by atoms with van der Waals surface area (Å²) in [4.78, 5) is 27.2. The first kappa shape index (κ1) is 23.5. The van der Waals surface area contributed by atoms with Crippen molar-refractivity contribution in [3.05, 3.63) is 63.3 Å². The average Bonchev–Trinajstić information content (AvgIpc) is 3.25. The first-order valence-electron chi connectivity index (χ1n) is 10.3. The molecule has 0 spiro atoms. The van der Waals surface area contributed by atoms with Crippen molar-refractivity contribution < 1.29 is 18.7 Å². The molecule has 0 aromatic heterocycles. The molecular weight excluding hydrogens is 487 g/mol. The Morgan fingerprint density at radius 2 is 1.97 bits per heavy atom. The molecule has 1 saturated carbocycles. The van der Waals surface area contributed by atoms with E-state index in [0.29, 0.717) is 16.3 Å². The summed E-state index contributed by atoms with van der Waals surface area (Å²) in [7, 11) is 0. The Hall–Kier alpha value is -2.12. The van der Waals surface area contributed by atoms with Gasteiger partial charge >= 0.3 is 0 Å². The number of amides is 2. The third kappa shape index (κ3) is 6.43. The lowest BCUT2D eigenvalue weighted by molar-refractivity contribution is -0.142. The number of carbonyl (C=O) groups excluding carboxylic acids is 2. The number of rotatable bonds is 8. The Labute approximate surface area is 195 Å². The van der Waals surface area contributed by atoms with Crippen molar-refractivity contribution in [2.24, 2.45) is 0 Å².